The fourth-order valence-corrected chi connectivity index (χ4v) is 5.42. The lowest BCUT2D eigenvalue weighted by atomic mass is 9.68. The highest BCUT2D eigenvalue weighted by Gasteiger charge is 2.41. The zero-order chi connectivity index (χ0) is 25.4. The minimum absolute atomic E-state index is 0.0561. The summed E-state index contributed by atoms with van der Waals surface area (Å²) < 4.78 is 22.6. The van der Waals surface area contributed by atoms with Crippen LogP contribution in [0.25, 0.3) is 16.6 Å². The number of nitrogens with one attached hydrogen (secondary N) is 1. The lowest BCUT2D eigenvalue weighted by molar-refractivity contribution is -0.128. The van der Waals surface area contributed by atoms with Crippen molar-refractivity contribution in [1.29, 1.82) is 0 Å². The standard InChI is InChI=1S/C30H32FN3O2/c1-18(2)29-28(23-11-12-24(23)30(35)33-32)25-16-22(36-17-20-7-5-4-6-8-20)10-14-27(25)34(29)21-9-13-26(31)19(3)15-21/h4-10,13-16,18,23-24H,11-12,17,32H2,1-3H3,(H,33,35). The predicted molar refractivity (Wildman–Crippen MR) is 141 cm³/mol. The molecule has 1 saturated carbocycles. The Labute approximate surface area is 211 Å². The molecule has 2 atom stereocenters. The Hall–Kier alpha value is -3.64. The van der Waals surface area contributed by atoms with Crippen LogP contribution in [0.2, 0.25) is 0 Å². The van der Waals surface area contributed by atoms with Gasteiger partial charge in [-0.1, -0.05) is 44.2 Å². The molecule has 4 aromatic rings. The van der Waals surface area contributed by atoms with Gasteiger partial charge in [-0.25, -0.2) is 10.2 Å². The van der Waals surface area contributed by atoms with Crippen molar-refractivity contribution < 1.29 is 13.9 Å². The van der Waals surface area contributed by atoms with E-state index in [0.717, 1.165) is 52.0 Å². The van der Waals surface area contributed by atoms with Crippen molar-refractivity contribution in [1.82, 2.24) is 9.99 Å². The van der Waals surface area contributed by atoms with Crippen molar-refractivity contribution in [3.8, 4) is 11.4 Å². The summed E-state index contributed by atoms with van der Waals surface area (Å²) in [7, 11) is 0. The Balaban J connectivity index is 1.68. The van der Waals surface area contributed by atoms with E-state index in [4.69, 9.17) is 10.6 Å². The number of ether oxygens (including phenoxy) is 1. The summed E-state index contributed by atoms with van der Waals surface area (Å²) in [4.78, 5) is 12.6. The minimum atomic E-state index is -0.225. The first-order valence-electron chi connectivity index (χ1n) is 12.5. The molecule has 1 fully saturated rings. The van der Waals surface area contributed by atoms with Crippen LogP contribution in [0.15, 0.2) is 66.7 Å². The molecule has 0 spiro atoms. The molecule has 5 rings (SSSR count). The predicted octanol–water partition coefficient (Wildman–Crippen LogP) is 6.26. The molecule has 0 saturated heterocycles. The SMILES string of the molecule is Cc1cc(-n2c(C(C)C)c(C3CCC3C(=O)NN)c3cc(OCc4ccccc4)ccc32)ccc1F. The number of nitrogens with two attached hydrogens (primary N) is 1. The Morgan fingerprint density at radius 2 is 1.89 bits per heavy atom. The maximum Gasteiger partial charge on any atom is 0.237 e. The molecule has 0 bridgehead atoms. The van der Waals surface area contributed by atoms with Crippen molar-refractivity contribution in [2.24, 2.45) is 11.8 Å². The number of aromatic nitrogens is 1. The number of hydrogen-bond donors (Lipinski definition) is 2. The molecule has 3 aromatic carbocycles. The molecule has 0 aliphatic heterocycles. The third-order valence-electron chi connectivity index (χ3n) is 7.34. The van der Waals surface area contributed by atoms with Gasteiger partial charge >= 0.3 is 0 Å². The second-order valence-electron chi connectivity index (χ2n) is 9.97. The van der Waals surface area contributed by atoms with Crippen molar-refractivity contribution in [2.45, 2.75) is 52.1 Å². The Morgan fingerprint density at radius 3 is 2.53 bits per heavy atom. The third-order valence-corrected chi connectivity index (χ3v) is 7.34. The number of carbonyl (C=O) groups is 1. The van der Waals surface area contributed by atoms with Gasteiger partial charge in [0.2, 0.25) is 5.91 Å². The average Bonchev–Trinajstić information content (AvgIpc) is 3.18. The maximum absolute atomic E-state index is 14.2. The fraction of sp³-hybridized carbons (Fsp3) is 0.300. The van der Waals surface area contributed by atoms with Crippen LogP contribution in [-0.2, 0) is 11.4 Å². The largest absolute Gasteiger partial charge is 0.489 e. The quantitative estimate of drug-likeness (QED) is 0.184. The van der Waals surface area contributed by atoms with Gasteiger partial charge < -0.3 is 9.30 Å². The zero-order valence-corrected chi connectivity index (χ0v) is 20.9. The molecule has 1 aliphatic carbocycles. The minimum Gasteiger partial charge on any atom is -0.489 e. The highest BCUT2D eigenvalue weighted by Crippen LogP contribution is 2.50. The molecule has 36 heavy (non-hydrogen) atoms. The number of rotatable bonds is 7. The van der Waals surface area contributed by atoms with E-state index in [1.54, 1.807) is 6.92 Å². The Bertz CT molecular complexity index is 1410. The number of hydrogen-bond acceptors (Lipinski definition) is 3. The average molecular weight is 486 g/mol. The van der Waals surface area contributed by atoms with Crippen LogP contribution in [0.4, 0.5) is 4.39 Å². The van der Waals surface area contributed by atoms with E-state index < -0.39 is 0 Å². The molecule has 1 amide bonds. The number of halogens is 1. The second kappa shape index (κ2) is 9.78. The molecule has 0 radical (unpaired) electrons. The summed E-state index contributed by atoms with van der Waals surface area (Å²) in [5.41, 5.74) is 8.27. The van der Waals surface area contributed by atoms with E-state index in [-0.39, 0.29) is 29.5 Å². The molecular formula is C30H32FN3O2. The van der Waals surface area contributed by atoms with Crippen molar-refractivity contribution >= 4 is 16.8 Å². The summed E-state index contributed by atoms with van der Waals surface area (Å²) in [5.74, 6) is 6.00. The lowest BCUT2D eigenvalue weighted by Gasteiger charge is -2.36. The number of fused-ring (bicyclic) bond motifs is 1. The van der Waals surface area contributed by atoms with Gasteiger partial charge in [-0.2, -0.15) is 0 Å². The molecule has 186 valence electrons. The normalized spacial score (nSPS) is 17.3. The van der Waals surface area contributed by atoms with Crippen LogP contribution < -0.4 is 16.0 Å². The number of amides is 1. The van der Waals surface area contributed by atoms with E-state index >= 15 is 0 Å². The molecule has 5 nitrogen and oxygen atoms in total. The van der Waals surface area contributed by atoms with Gasteiger partial charge in [0.25, 0.3) is 0 Å². The highest BCUT2D eigenvalue weighted by atomic mass is 19.1. The van der Waals surface area contributed by atoms with Crippen LogP contribution in [0.1, 0.15) is 60.9 Å². The fourth-order valence-electron chi connectivity index (χ4n) is 5.42. The van der Waals surface area contributed by atoms with Crippen LogP contribution in [0, 0.1) is 18.7 Å². The molecule has 1 aliphatic rings. The smallest absolute Gasteiger partial charge is 0.237 e. The topological polar surface area (TPSA) is 69.3 Å². The number of hydrazine groups is 1. The van der Waals surface area contributed by atoms with Crippen LogP contribution in [0.5, 0.6) is 5.75 Å². The van der Waals surface area contributed by atoms with Crippen molar-refractivity contribution in [3.05, 3.63) is 94.9 Å². The van der Waals surface area contributed by atoms with E-state index in [1.807, 2.05) is 48.5 Å². The number of carbonyl (C=O) groups excluding carboxylic acids is 1. The second-order valence-corrected chi connectivity index (χ2v) is 9.97. The molecule has 3 N–H and O–H groups in total. The van der Waals surface area contributed by atoms with Gasteiger partial charge in [-0.05, 0) is 84.7 Å². The van der Waals surface area contributed by atoms with Gasteiger partial charge in [0.15, 0.2) is 0 Å². The van der Waals surface area contributed by atoms with E-state index in [9.17, 15) is 9.18 Å². The van der Waals surface area contributed by atoms with Crippen LogP contribution >= 0.6 is 0 Å². The monoisotopic (exact) mass is 485 g/mol. The number of aryl methyl sites for hydroxylation is 1. The van der Waals surface area contributed by atoms with E-state index in [0.29, 0.717) is 12.2 Å². The van der Waals surface area contributed by atoms with Gasteiger partial charge in [-0.3, -0.25) is 10.2 Å². The van der Waals surface area contributed by atoms with Gasteiger partial charge in [0.1, 0.15) is 18.2 Å². The molecule has 2 unspecified atom stereocenters. The maximum atomic E-state index is 14.2. The molecule has 1 aromatic heterocycles. The van der Waals surface area contributed by atoms with Gasteiger partial charge in [0.05, 0.1) is 5.52 Å². The van der Waals surface area contributed by atoms with Gasteiger partial charge in [0, 0.05) is 22.7 Å². The molecule has 1 heterocycles. The molecular weight excluding hydrogens is 453 g/mol. The number of nitrogens with zero attached hydrogens (tertiary/aromatic N) is 1. The van der Waals surface area contributed by atoms with Crippen LogP contribution in [0.3, 0.4) is 0 Å². The van der Waals surface area contributed by atoms with E-state index in [2.05, 4.69) is 36.0 Å². The Morgan fingerprint density at radius 1 is 1.11 bits per heavy atom. The van der Waals surface area contributed by atoms with Crippen LogP contribution in [-0.4, -0.2) is 10.5 Å². The summed E-state index contributed by atoms with van der Waals surface area (Å²) in [6, 6.07) is 21.4. The summed E-state index contributed by atoms with van der Waals surface area (Å²) in [5, 5.41) is 1.06. The first kappa shape index (κ1) is 24.1. The summed E-state index contributed by atoms with van der Waals surface area (Å²) in [6.45, 7) is 6.57. The number of benzene rings is 3. The van der Waals surface area contributed by atoms with Crippen molar-refractivity contribution in [3.63, 3.8) is 0 Å². The third kappa shape index (κ3) is 4.26. The van der Waals surface area contributed by atoms with E-state index in [1.165, 1.54) is 6.07 Å². The Kier molecular flexibility index (Phi) is 6.54. The van der Waals surface area contributed by atoms with Crippen molar-refractivity contribution in [2.75, 3.05) is 0 Å². The first-order valence-corrected chi connectivity index (χ1v) is 12.5. The molecule has 6 heteroatoms. The lowest BCUT2D eigenvalue weighted by Crippen LogP contribution is -2.42. The zero-order valence-electron chi connectivity index (χ0n) is 20.9. The first-order chi connectivity index (χ1) is 17.4. The summed E-state index contributed by atoms with van der Waals surface area (Å²) >= 11 is 0. The summed E-state index contributed by atoms with van der Waals surface area (Å²) in [6.07, 6.45) is 1.71. The van der Waals surface area contributed by atoms with Gasteiger partial charge in [-0.15, -0.1) is 0 Å². The highest BCUT2D eigenvalue weighted by molar-refractivity contribution is 5.91.